The molecule has 0 fully saturated rings. The molecule has 2 aromatic carbocycles. The van der Waals surface area contributed by atoms with E-state index in [0.717, 1.165) is 16.7 Å². The molecule has 0 bridgehead atoms. The van der Waals surface area contributed by atoms with Crippen LogP contribution in [0.15, 0.2) is 66.2 Å². The van der Waals surface area contributed by atoms with Crippen LogP contribution in [0.25, 0.3) is 11.1 Å². The van der Waals surface area contributed by atoms with Gasteiger partial charge in [-0.3, -0.25) is 15.0 Å². The molecule has 1 heterocycles. The first-order valence-electron chi connectivity index (χ1n) is 10.7. The highest BCUT2D eigenvalue weighted by Crippen LogP contribution is 2.23. The Morgan fingerprint density at radius 1 is 1.12 bits per heavy atom. The first-order chi connectivity index (χ1) is 15.4. The van der Waals surface area contributed by atoms with Crippen LogP contribution in [0.2, 0.25) is 0 Å². The van der Waals surface area contributed by atoms with Gasteiger partial charge in [0.2, 0.25) is 0 Å². The van der Waals surface area contributed by atoms with Crippen LogP contribution in [0.1, 0.15) is 30.1 Å². The average Bonchev–Trinajstić information content (AvgIpc) is 2.82. The van der Waals surface area contributed by atoms with E-state index in [4.69, 9.17) is 15.9 Å². The van der Waals surface area contributed by atoms with Crippen molar-refractivity contribution in [1.82, 2.24) is 10.2 Å². The van der Waals surface area contributed by atoms with E-state index in [1.165, 1.54) is 7.11 Å². The van der Waals surface area contributed by atoms with Crippen LogP contribution in [0.5, 0.6) is 0 Å². The van der Waals surface area contributed by atoms with E-state index in [0.29, 0.717) is 31.5 Å². The molecule has 1 aliphatic rings. The van der Waals surface area contributed by atoms with E-state index in [1.54, 1.807) is 17.0 Å². The molecule has 1 amide bonds. The lowest BCUT2D eigenvalue weighted by Crippen LogP contribution is -2.43. The maximum atomic E-state index is 12.8. The molecule has 7 heteroatoms. The fraction of sp³-hybridized carbons (Fsp3) is 0.320. The number of methoxy groups -OCH3 is 1. The van der Waals surface area contributed by atoms with Gasteiger partial charge in [0.05, 0.1) is 13.0 Å². The minimum atomic E-state index is -0.498. The fourth-order valence-electron chi connectivity index (χ4n) is 3.85. The average molecular weight is 435 g/mol. The molecular formula is C25H30N4O3. The highest BCUT2D eigenvalue weighted by atomic mass is 16.5. The van der Waals surface area contributed by atoms with E-state index in [9.17, 15) is 9.59 Å². The Morgan fingerprint density at radius 3 is 2.34 bits per heavy atom. The zero-order valence-corrected chi connectivity index (χ0v) is 18.5. The van der Waals surface area contributed by atoms with Gasteiger partial charge in [-0.05, 0) is 43.0 Å². The first-order valence-corrected chi connectivity index (χ1v) is 10.7. The summed E-state index contributed by atoms with van der Waals surface area (Å²) in [4.78, 5) is 27.0. The summed E-state index contributed by atoms with van der Waals surface area (Å²) in [6, 6.07) is 17.0. The Balaban J connectivity index is 1.65. The van der Waals surface area contributed by atoms with Crippen molar-refractivity contribution in [3.8, 4) is 11.1 Å². The highest BCUT2D eigenvalue weighted by Gasteiger charge is 2.29. The normalized spacial score (nSPS) is 15.3. The van der Waals surface area contributed by atoms with Gasteiger partial charge in [-0.1, -0.05) is 54.1 Å². The Kier molecular flexibility index (Phi) is 7.65. The topological polar surface area (TPSA) is 109 Å². The van der Waals surface area contributed by atoms with Crippen LogP contribution < -0.4 is 11.1 Å². The van der Waals surface area contributed by atoms with Crippen LogP contribution in [0.4, 0.5) is 0 Å². The molecule has 1 aliphatic heterocycles. The summed E-state index contributed by atoms with van der Waals surface area (Å²) in [6.07, 6.45) is 3.21. The van der Waals surface area contributed by atoms with Crippen LogP contribution >= 0.6 is 0 Å². The van der Waals surface area contributed by atoms with Crippen LogP contribution in [0.3, 0.4) is 0 Å². The number of hydrogen-bond acceptors (Lipinski definition) is 4. The predicted octanol–water partition coefficient (Wildman–Crippen LogP) is 3.18. The number of carbonyl (C=O) groups excluding carboxylic acids is 2. The van der Waals surface area contributed by atoms with Crippen molar-refractivity contribution in [1.29, 1.82) is 5.41 Å². The van der Waals surface area contributed by atoms with Gasteiger partial charge in [-0.15, -0.1) is 0 Å². The molecular weight excluding hydrogens is 404 g/mol. The lowest BCUT2D eigenvalue weighted by Gasteiger charge is -2.29. The zero-order valence-electron chi connectivity index (χ0n) is 18.5. The second-order valence-corrected chi connectivity index (χ2v) is 7.98. The van der Waals surface area contributed by atoms with Crippen molar-refractivity contribution in [3.63, 3.8) is 0 Å². The minimum Gasteiger partial charge on any atom is -0.469 e. The maximum absolute atomic E-state index is 12.8. The Morgan fingerprint density at radius 2 is 1.78 bits per heavy atom. The first kappa shape index (κ1) is 23.1. The number of ether oxygens (including phenoxy) is 1. The van der Waals surface area contributed by atoms with Gasteiger partial charge >= 0.3 is 5.97 Å². The number of amides is 1. The molecule has 0 aromatic heterocycles. The second kappa shape index (κ2) is 10.6. The van der Waals surface area contributed by atoms with Crippen LogP contribution in [0, 0.1) is 11.3 Å². The third kappa shape index (κ3) is 5.75. The molecule has 0 saturated carbocycles. The predicted molar refractivity (Wildman–Crippen MR) is 125 cm³/mol. The Labute approximate surface area is 188 Å². The Hall–Kier alpha value is -3.61. The van der Waals surface area contributed by atoms with Gasteiger partial charge in [-0.25, -0.2) is 0 Å². The van der Waals surface area contributed by atoms with E-state index >= 15 is 0 Å². The molecule has 2 aromatic rings. The summed E-state index contributed by atoms with van der Waals surface area (Å²) in [5.41, 5.74) is 9.30. The van der Waals surface area contributed by atoms with E-state index in [1.807, 2.05) is 55.5 Å². The summed E-state index contributed by atoms with van der Waals surface area (Å²) >= 11 is 0. The number of guanidine groups is 1. The van der Waals surface area contributed by atoms with Gasteiger partial charge in [0.1, 0.15) is 0 Å². The van der Waals surface area contributed by atoms with E-state index < -0.39 is 12.0 Å². The van der Waals surface area contributed by atoms with Crippen molar-refractivity contribution in [2.45, 2.75) is 25.8 Å². The van der Waals surface area contributed by atoms with E-state index in [-0.39, 0.29) is 17.8 Å². The summed E-state index contributed by atoms with van der Waals surface area (Å²) in [5, 5.41) is 10.5. The SMILES string of the molecule is COC(=O)[C@H](CC1=CCN(C(=N)N)CC1)[C@@H](C)NC(=O)c1ccc(-c2ccccc2)cc1. The number of hydrogen-bond donors (Lipinski definition) is 3. The number of esters is 1. The smallest absolute Gasteiger partial charge is 0.311 e. The lowest BCUT2D eigenvalue weighted by atomic mass is 9.90. The van der Waals surface area contributed by atoms with Crippen LogP contribution in [-0.2, 0) is 9.53 Å². The van der Waals surface area contributed by atoms with Gasteiger partial charge in [0.15, 0.2) is 5.96 Å². The number of rotatable bonds is 7. The number of benzene rings is 2. The monoisotopic (exact) mass is 434 g/mol. The molecule has 4 N–H and O–H groups in total. The molecule has 168 valence electrons. The largest absolute Gasteiger partial charge is 0.469 e. The van der Waals surface area contributed by atoms with Crippen molar-refractivity contribution in [2.75, 3.05) is 20.2 Å². The second-order valence-electron chi connectivity index (χ2n) is 7.98. The molecule has 0 spiro atoms. The molecule has 0 unspecified atom stereocenters. The standard InChI is InChI=1S/C25H30N4O3/c1-17(22(24(31)32-2)16-18-12-14-29(15-13-18)25(26)27)28-23(30)21-10-8-20(9-11-21)19-6-4-3-5-7-19/h3-12,17,22H,13-16H2,1-2H3,(H3,26,27)(H,28,30)/t17-,22-/m1/s1. The van der Waals surface area contributed by atoms with Gasteiger partial charge < -0.3 is 20.7 Å². The zero-order chi connectivity index (χ0) is 23.1. The summed E-state index contributed by atoms with van der Waals surface area (Å²) < 4.78 is 5.00. The number of nitrogens with zero attached hydrogens (tertiary/aromatic N) is 1. The number of nitrogens with two attached hydrogens (primary N) is 1. The fourth-order valence-corrected chi connectivity index (χ4v) is 3.85. The van der Waals surface area contributed by atoms with Crippen LogP contribution in [-0.4, -0.2) is 49.0 Å². The molecule has 0 saturated heterocycles. The third-order valence-corrected chi connectivity index (χ3v) is 5.85. The highest BCUT2D eigenvalue weighted by molar-refractivity contribution is 5.95. The molecule has 2 atom stereocenters. The van der Waals surface area contributed by atoms with Gasteiger partial charge in [0, 0.05) is 24.7 Å². The molecule has 7 nitrogen and oxygen atoms in total. The van der Waals surface area contributed by atoms with Gasteiger partial charge in [0.25, 0.3) is 5.91 Å². The van der Waals surface area contributed by atoms with Gasteiger partial charge in [-0.2, -0.15) is 0 Å². The van der Waals surface area contributed by atoms with E-state index in [2.05, 4.69) is 5.32 Å². The number of nitrogens with one attached hydrogen (secondary N) is 2. The number of carbonyl (C=O) groups is 2. The molecule has 0 radical (unpaired) electrons. The third-order valence-electron chi connectivity index (χ3n) is 5.85. The summed E-state index contributed by atoms with van der Waals surface area (Å²) in [5.74, 6) is -1.04. The molecule has 3 rings (SSSR count). The Bertz CT molecular complexity index is 986. The lowest BCUT2D eigenvalue weighted by molar-refractivity contribution is -0.146. The molecule has 0 aliphatic carbocycles. The minimum absolute atomic E-state index is 0.0451. The quantitative estimate of drug-likeness (QED) is 0.268. The summed E-state index contributed by atoms with van der Waals surface area (Å²) in [7, 11) is 1.36. The van der Waals surface area contributed by atoms with Crippen molar-refractivity contribution in [2.24, 2.45) is 11.7 Å². The summed E-state index contributed by atoms with van der Waals surface area (Å²) in [6.45, 7) is 3.01. The van der Waals surface area contributed by atoms with Crippen molar-refractivity contribution >= 4 is 17.8 Å². The maximum Gasteiger partial charge on any atom is 0.311 e. The van der Waals surface area contributed by atoms with Crippen molar-refractivity contribution < 1.29 is 14.3 Å². The molecule has 32 heavy (non-hydrogen) atoms. The van der Waals surface area contributed by atoms with Crippen molar-refractivity contribution in [3.05, 3.63) is 71.8 Å².